The number of amides is 1. The summed E-state index contributed by atoms with van der Waals surface area (Å²) in [6.07, 6.45) is 6.74. The standard InChI is InChI=1S/C25H21N3O5/c1-2-13-33-25(32)17-5-3-7-19(14-17)28-21(18-6-4-10-27-15-18)20(23(30)24(28)31)22(29)16-8-11-26-12-9-16/h3-12,14-15,21,29H,2,13H2,1H3/b22-20+. The lowest BCUT2D eigenvalue weighted by atomic mass is 9.96. The number of esters is 1. The van der Waals surface area contributed by atoms with Gasteiger partial charge in [-0.15, -0.1) is 0 Å². The summed E-state index contributed by atoms with van der Waals surface area (Å²) in [6.45, 7) is 2.16. The first-order chi connectivity index (χ1) is 16.0. The summed E-state index contributed by atoms with van der Waals surface area (Å²) in [4.78, 5) is 48.0. The van der Waals surface area contributed by atoms with Crippen molar-refractivity contribution in [2.24, 2.45) is 0 Å². The molecule has 0 spiro atoms. The fraction of sp³-hybridized carbons (Fsp3) is 0.160. The second kappa shape index (κ2) is 9.44. The molecule has 1 unspecified atom stereocenters. The fourth-order valence-electron chi connectivity index (χ4n) is 3.68. The number of benzene rings is 1. The van der Waals surface area contributed by atoms with E-state index in [0.717, 1.165) is 0 Å². The predicted molar refractivity (Wildman–Crippen MR) is 120 cm³/mol. The van der Waals surface area contributed by atoms with E-state index < -0.39 is 23.7 Å². The van der Waals surface area contributed by atoms with Crippen molar-refractivity contribution in [3.8, 4) is 0 Å². The van der Waals surface area contributed by atoms with E-state index in [2.05, 4.69) is 9.97 Å². The van der Waals surface area contributed by atoms with Gasteiger partial charge in [0.25, 0.3) is 11.7 Å². The van der Waals surface area contributed by atoms with Crippen LogP contribution in [0.2, 0.25) is 0 Å². The van der Waals surface area contributed by atoms with Crippen molar-refractivity contribution in [2.75, 3.05) is 11.5 Å². The molecule has 1 fully saturated rings. The molecule has 8 nitrogen and oxygen atoms in total. The Morgan fingerprint density at radius 2 is 1.82 bits per heavy atom. The Bertz CT molecular complexity index is 1230. The smallest absolute Gasteiger partial charge is 0.338 e. The van der Waals surface area contributed by atoms with Gasteiger partial charge in [0.15, 0.2) is 0 Å². The van der Waals surface area contributed by atoms with Crippen LogP contribution in [-0.4, -0.2) is 39.3 Å². The summed E-state index contributed by atoms with van der Waals surface area (Å²) in [5.74, 6) is -2.49. The molecule has 1 aliphatic rings. The summed E-state index contributed by atoms with van der Waals surface area (Å²) in [6, 6.07) is 11.9. The number of pyridine rings is 2. The van der Waals surface area contributed by atoms with Gasteiger partial charge in [0.05, 0.1) is 23.8 Å². The molecule has 8 heteroatoms. The first-order valence-electron chi connectivity index (χ1n) is 10.4. The molecule has 1 N–H and O–H groups in total. The maximum atomic E-state index is 13.2. The number of ether oxygens (including phenoxy) is 1. The van der Waals surface area contributed by atoms with Gasteiger partial charge in [-0.25, -0.2) is 4.79 Å². The molecule has 3 aromatic rings. The number of nitrogens with zero attached hydrogens (tertiary/aromatic N) is 3. The van der Waals surface area contributed by atoms with E-state index >= 15 is 0 Å². The van der Waals surface area contributed by atoms with E-state index in [1.807, 2.05) is 6.92 Å². The number of carbonyl (C=O) groups excluding carboxylic acids is 3. The number of hydrogen-bond acceptors (Lipinski definition) is 7. The van der Waals surface area contributed by atoms with Gasteiger partial charge in [-0.2, -0.15) is 0 Å². The van der Waals surface area contributed by atoms with Crippen LogP contribution in [0.4, 0.5) is 5.69 Å². The summed E-state index contributed by atoms with van der Waals surface area (Å²) in [5.41, 5.74) is 1.39. The van der Waals surface area contributed by atoms with Gasteiger partial charge in [0.2, 0.25) is 0 Å². The van der Waals surface area contributed by atoms with Crippen LogP contribution >= 0.6 is 0 Å². The first-order valence-corrected chi connectivity index (χ1v) is 10.4. The van der Waals surface area contributed by atoms with Crippen LogP contribution in [0.1, 0.15) is 40.9 Å². The molecule has 1 aliphatic heterocycles. The summed E-state index contributed by atoms with van der Waals surface area (Å²) >= 11 is 0. The van der Waals surface area contributed by atoms with Gasteiger partial charge in [0.1, 0.15) is 5.76 Å². The molecule has 2 aromatic heterocycles. The summed E-state index contributed by atoms with van der Waals surface area (Å²) in [5, 5.41) is 11.0. The quantitative estimate of drug-likeness (QED) is 0.268. The van der Waals surface area contributed by atoms with E-state index in [0.29, 0.717) is 23.2 Å². The van der Waals surface area contributed by atoms with Crippen LogP contribution in [0, 0.1) is 0 Å². The van der Waals surface area contributed by atoms with Crippen LogP contribution in [0.5, 0.6) is 0 Å². The number of aliphatic hydroxyl groups excluding tert-OH is 1. The van der Waals surface area contributed by atoms with Crippen LogP contribution in [0.15, 0.2) is 78.9 Å². The average molecular weight is 443 g/mol. The topological polar surface area (TPSA) is 110 Å². The number of aliphatic hydroxyl groups is 1. The van der Waals surface area contributed by atoms with Gasteiger partial charge in [-0.1, -0.05) is 19.1 Å². The fourth-order valence-corrected chi connectivity index (χ4v) is 3.68. The molecular weight excluding hydrogens is 422 g/mol. The number of aromatic nitrogens is 2. The SMILES string of the molecule is CCCOC(=O)c1cccc(N2C(=O)C(=O)/C(=C(/O)c3ccncc3)C2c2cccnc2)c1. The molecule has 1 atom stereocenters. The Hall–Kier alpha value is -4.33. The lowest BCUT2D eigenvalue weighted by Crippen LogP contribution is -2.29. The molecule has 166 valence electrons. The lowest BCUT2D eigenvalue weighted by molar-refractivity contribution is -0.132. The van der Waals surface area contributed by atoms with Crippen LogP contribution in [0.3, 0.4) is 0 Å². The number of hydrogen-bond donors (Lipinski definition) is 1. The van der Waals surface area contributed by atoms with Crippen molar-refractivity contribution < 1.29 is 24.2 Å². The molecule has 4 rings (SSSR count). The van der Waals surface area contributed by atoms with E-state index in [1.54, 1.807) is 48.7 Å². The Morgan fingerprint density at radius 1 is 1.03 bits per heavy atom. The largest absolute Gasteiger partial charge is 0.507 e. The Balaban J connectivity index is 1.85. The number of anilines is 1. The van der Waals surface area contributed by atoms with Crippen LogP contribution in [-0.2, 0) is 14.3 Å². The highest BCUT2D eigenvalue weighted by molar-refractivity contribution is 6.51. The molecule has 0 bridgehead atoms. The molecular formula is C25H21N3O5. The minimum atomic E-state index is -0.936. The maximum Gasteiger partial charge on any atom is 0.338 e. The van der Waals surface area contributed by atoms with Crippen molar-refractivity contribution in [3.05, 3.63) is 95.6 Å². The lowest BCUT2D eigenvalue weighted by Gasteiger charge is -2.25. The van der Waals surface area contributed by atoms with E-state index in [1.165, 1.54) is 29.6 Å². The molecule has 1 saturated heterocycles. The zero-order chi connectivity index (χ0) is 23.4. The third-order valence-corrected chi connectivity index (χ3v) is 5.20. The average Bonchev–Trinajstić information content (AvgIpc) is 3.13. The monoisotopic (exact) mass is 443 g/mol. The highest BCUT2D eigenvalue weighted by Crippen LogP contribution is 2.42. The Morgan fingerprint density at radius 3 is 2.52 bits per heavy atom. The molecule has 3 heterocycles. The third kappa shape index (κ3) is 4.23. The third-order valence-electron chi connectivity index (χ3n) is 5.20. The van der Waals surface area contributed by atoms with Crippen LogP contribution in [0.25, 0.3) is 5.76 Å². The summed E-state index contributed by atoms with van der Waals surface area (Å²) < 4.78 is 5.20. The van der Waals surface area contributed by atoms with Crippen molar-refractivity contribution in [3.63, 3.8) is 0 Å². The van der Waals surface area contributed by atoms with Crippen molar-refractivity contribution in [1.29, 1.82) is 0 Å². The molecule has 1 amide bonds. The normalized spacial score (nSPS) is 17.2. The molecule has 33 heavy (non-hydrogen) atoms. The van der Waals surface area contributed by atoms with Gasteiger partial charge < -0.3 is 9.84 Å². The number of carbonyl (C=O) groups is 3. The van der Waals surface area contributed by atoms with Gasteiger partial charge >= 0.3 is 5.97 Å². The second-order valence-corrected chi connectivity index (χ2v) is 7.38. The number of Topliss-reactive ketones (excluding diaryl/α,β-unsaturated/α-hetero) is 1. The highest BCUT2D eigenvalue weighted by atomic mass is 16.5. The van der Waals surface area contributed by atoms with Crippen LogP contribution < -0.4 is 4.90 Å². The van der Waals surface area contributed by atoms with Crippen molar-refractivity contribution >= 4 is 29.1 Å². The highest BCUT2D eigenvalue weighted by Gasteiger charge is 2.47. The Labute approximate surface area is 190 Å². The predicted octanol–water partition coefficient (Wildman–Crippen LogP) is 3.67. The first kappa shape index (κ1) is 21.9. The maximum absolute atomic E-state index is 13.2. The van der Waals surface area contributed by atoms with E-state index in [4.69, 9.17) is 4.74 Å². The number of rotatable bonds is 6. The zero-order valence-electron chi connectivity index (χ0n) is 17.8. The minimum absolute atomic E-state index is 0.0711. The molecule has 1 aromatic carbocycles. The summed E-state index contributed by atoms with van der Waals surface area (Å²) in [7, 11) is 0. The molecule has 0 saturated carbocycles. The zero-order valence-corrected chi connectivity index (χ0v) is 17.8. The van der Waals surface area contributed by atoms with E-state index in [-0.39, 0.29) is 23.5 Å². The number of ketones is 1. The molecule has 0 aliphatic carbocycles. The van der Waals surface area contributed by atoms with Crippen molar-refractivity contribution in [2.45, 2.75) is 19.4 Å². The Kier molecular flexibility index (Phi) is 6.26. The second-order valence-electron chi connectivity index (χ2n) is 7.38. The minimum Gasteiger partial charge on any atom is -0.507 e. The van der Waals surface area contributed by atoms with Gasteiger partial charge in [0, 0.05) is 36.0 Å². The molecule has 0 radical (unpaired) electrons. The van der Waals surface area contributed by atoms with Crippen molar-refractivity contribution in [1.82, 2.24) is 9.97 Å². The van der Waals surface area contributed by atoms with Gasteiger partial charge in [-0.3, -0.25) is 24.5 Å². The van der Waals surface area contributed by atoms with E-state index in [9.17, 15) is 19.5 Å². The van der Waals surface area contributed by atoms with Gasteiger partial charge in [-0.05, 0) is 48.4 Å².